The third kappa shape index (κ3) is 6.67. The summed E-state index contributed by atoms with van der Waals surface area (Å²) in [6.07, 6.45) is 5.46. The number of H-pyrrole nitrogens is 2. The number of aliphatic carboxylic acids is 1. The van der Waals surface area contributed by atoms with Crippen molar-refractivity contribution in [3.63, 3.8) is 0 Å². The fourth-order valence-corrected chi connectivity index (χ4v) is 6.68. The Balaban J connectivity index is 0.000000557. The highest BCUT2D eigenvalue weighted by Crippen LogP contribution is 2.35. The molecule has 12 heteroatoms. The molecule has 2 aliphatic rings. The zero-order chi connectivity index (χ0) is 29.2. The average molecular weight is 575 g/mol. The van der Waals surface area contributed by atoms with Crippen molar-refractivity contribution in [2.24, 2.45) is 0 Å². The molecule has 1 aromatic carbocycles. The topological polar surface area (TPSA) is 153 Å². The number of benzene rings is 1. The molecule has 11 nitrogen and oxygen atoms in total. The van der Waals surface area contributed by atoms with E-state index in [0.717, 1.165) is 32.1 Å². The highest BCUT2D eigenvalue weighted by atomic mass is 32.2. The summed E-state index contributed by atoms with van der Waals surface area (Å²) in [5.74, 6) is -0.711. The summed E-state index contributed by atoms with van der Waals surface area (Å²) in [6, 6.07) is 6.31. The molecule has 1 aliphatic heterocycles. The quantitative estimate of drug-likeness (QED) is 0.377. The Morgan fingerprint density at radius 1 is 1.15 bits per heavy atom. The Bertz CT molecular complexity index is 1550. The number of nitrogens with one attached hydrogen (secondary N) is 2. The van der Waals surface area contributed by atoms with Crippen LogP contribution in [0, 0.1) is 0 Å². The van der Waals surface area contributed by atoms with Crippen LogP contribution < -0.4 is 5.56 Å². The minimum atomic E-state index is -3.81. The van der Waals surface area contributed by atoms with Gasteiger partial charge in [0, 0.05) is 54.1 Å². The summed E-state index contributed by atoms with van der Waals surface area (Å²) in [4.78, 5) is 42.2. The maximum absolute atomic E-state index is 13.8. The predicted molar refractivity (Wildman–Crippen MR) is 152 cm³/mol. The third-order valence-corrected chi connectivity index (χ3v) is 8.84. The molecule has 0 bridgehead atoms. The van der Waals surface area contributed by atoms with Gasteiger partial charge in [-0.15, -0.1) is 0 Å². The molecular weight excluding hydrogens is 536 g/mol. The van der Waals surface area contributed by atoms with Crippen LogP contribution in [0.2, 0.25) is 0 Å². The first-order valence-corrected chi connectivity index (χ1v) is 15.1. The Morgan fingerprint density at radius 3 is 2.48 bits per heavy atom. The van der Waals surface area contributed by atoms with E-state index in [1.54, 1.807) is 39.7 Å². The first kappa shape index (κ1) is 29.6. The summed E-state index contributed by atoms with van der Waals surface area (Å²) < 4.78 is 34.7. The monoisotopic (exact) mass is 574 g/mol. The zero-order valence-corrected chi connectivity index (χ0v) is 24.2. The fraction of sp³-hybridized carbons (Fsp3) is 0.536. The van der Waals surface area contributed by atoms with E-state index >= 15 is 0 Å². The number of amides is 1. The zero-order valence-electron chi connectivity index (χ0n) is 23.4. The van der Waals surface area contributed by atoms with E-state index in [1.807, 2.05) is 27.7 Å². The second-order valence-electron chi connectivity index (χ2n) is 11.3. The van der Waals surface area contributed by atoms with Gasteiger partial charge in [0.05, 0.1) is 4.90 Å². The second-order valence-corrected chi connectivity index (χ2v) is 13.2. The van der Waals surface area contributed by atoms with Crippen molar-refractivity contribution < 1.29 is 27.9 Å². The molecule has 2 fully saturated rings. The summed E-state index contributed by atoms with van der Waals surface area (Å²) in [7, 11) is -3.81. The fourth-order valence-electron chi connectivity index (χ4n) is 4.93. The van der Waals surface area contributed by atoms with Crippen LogP contribution in [0.4, 0.5) is 4.79 Å². The molecule has 1 amide bonds. The van der Waals surface area contributed by atoms with E-state index in [-0.39, 0.29) is 29.1 Å². The number of hydrogen-bond donors (Lipinski definition) is 3. The lowest BCUT2D eigenvalue weighted by atomic mass is 10.1. The van der Waals surface area contributed by atoms with Gasteiger partial charge < -0.3 is 24.7 Å². The van der Waals surface area contributed by atoms with Gasteiger partial charge in [0.25, 0.3) is 5.56 Å². The predicted octanol–water partition coefficient (Wildman–Crippen LogP) is 4.43. The molecule has 3 aromatic rings. The van der Waals surface area contributed by atoms with E-state index < -0.39 is 27.7 Å². The van der Waals surface area contributed by atoms with Gasteiger partial charge in [0.1, 0.15) is 11.1 Å². The number of ether oxygens (including phenoxy) is 1. The molecular formula is C28H38N4O7S. The van der Waals surface area contributed by atoms with Crippen molar-refractivity contribution in [3.05, 3.63) is 40.8 Å². The van der Waals surface area contributed by atoms with Crippen LogP contribution in [0.25, 0.3) is 21.8 Å². The van der Waals surface area contributed by atoms with Crippen LogP contribution in [-0.4, -0.2) is 75.5 Å². The van der Waals surface area contributed by atoms with Gasteiger partial charge >= 0.3 is 12.1 Å². The van der Waals surface area contributed by atoms with Crippen molar-refractivity contribution in [2.75, 3.05) is 13.1 Å². The molecule has 2 aromatic heterocycles. The smallest absolute Gasteiger partial charge is 0.410 e. The first-order valence-electron chi connectivity index (χ1n) is 13.7. The molecule has 3 heterocycles. The standard InChI is InChI=1S/C24H30N4O5S.C4H8O2/c1-24(2,3)33-23(30)27-12-4-5-16(27)14-28(15-6-7-15)34(31,32)17-8-9-20-19(13-17)18-10-11-25-21(18)22(29)26-20;1-2-3-4(5)6/h8-11,13,15-16,25H,4-7,12,14H2,1-3H3,(H,26,29);2-3H2,1H3,(H,5,6)/t16-;/m0./s1. The number of pyridine rings is 1. The number of sulfonamides is 1. The molecule has 0 unspecified atom stereocenters. The molecule has 1 atom stereocenters. The van der Waals surface area contributed by atoms with Gasteiger partial charge in [-0.2, -0.15) is 4.31 Å². The van der Waals surface area contributed by atoms with E-state index in [0.29, 0.717) is 34.8 Å². The molecule has 3 N–H and O–H groups in total. The summed E-state index contributed by atoms with van der Waals surface area (Å²) in [5.41, 5.74) is 0.148. The van der Waals surface area contributed by atoms with E-state index in [2.05, 4.69) is 9.97 Å². The van der Waals surface area contributed by atoms with Crippen molar-refractivity contribution >= 4 is 43.9 Å². The molecule has 1 saturated heterocycles. The normalized spacial score (nSPS) is 17.7. The Labute approximate surface area is 233 Å². The van der Waals surface area contributed by atoms with Gasteiger partial charge in [-0.3, -0.25) is 9.59 Å². The molecule has 218 valence electrons. The van der Waals surface area contributed by atoms with Crippen molar-refractivity contribution in [1.29, 1.82) is 0 Å². The second kappa shape index (κ2) is 11.6. The molecule has 5 rings (SSSR count). The van der Waals surface area contributed by atoms with E-state index in [1.165, 1.54) is 0 Å². The largest absolute Gasteiger partial charge is 0.481 e. The number of nitrogens with zero attached hydrogens (tertiary/aromatic N) is 2. The van der Waals surface area contributed by atoms with Gasteiger partial charge in [0.2, 0.25) is 10.0 Å². The van der Waals surface area contributed by atoms with Crippen LogP contribution in [-0.2, 0) is 19.6 Å². The van der Waals surface area contributed by atoms with Gasteiger partial charge in [0.15, 0.2) is 0 Å². The maximum Gasteiger partial charge on any atom is 0.410 e. The van der Waals surface area contributed by atoms with Crippen LogP contribution in [0.1, 0.15) is 66.2 Å². The van der Waals surface area contributed by atoms with Crippen molar-refractivity contribution in [1.82, 2.24) is 19.2 Å². The van der Waals surface area contributed by atoms with Crippen molar-refractivity contribution in [3.8, 4) is 0 Å². The van der Waals surface area contributed by atoms with Gasteiger partial charge in [-0.05, 0) is 77.1 Å². The molecule has 1 saturated carbocycles. The lowest BCUT2D eigenvalue weighted by molar-refractivity contribution is -0.137. The Morgan fingerprint density at radius 2 is 1.88 bits per heavy atom. The van der Waals surface area contributed by atoms with Gasteiger partial charge in [-0.25, -0.2) is 13.2 Å². The average Bonchev–Trinajstić information content (AvgIpc) is 3.36. The third-order valence-electron chi connectivity index (χ3n) is 6.92. The Kier molecular flexibility index (Phi) is 8.60. The lowest BCUT2D eigenvalue weighted by Crippen LogP contribution is -2.47. The highest BCUT2D eigenvalue weighted by molar-refractivity contribution is 7.89. The molecule has 1 aliphatic carbocycles. The molecule has 0 radical (unpaired) electrons. The number of fused-ring (bicyclic) bond motifs is 3. The SMILES string of the molecule is CC(C)(C)OC(=O)N1CCC[C@H]1CN(C1CC1)S(=O)(=O)c1ccc2[nH]c(=O)c3[nH]ccc3c2c1.CCCC(=O)O. The van der Waals surface area contributed by atoms with Crippen LogP contribution in [0.5, 0.6) is 0 Å². The van der Waals surface area contributed by atoms with Crippen molar-refractivity contribution in [2.45, 2.75) is 88.8 Å². The number of likely N-dealkylation sites (tertiary alicyclic amines) is 1. The lowest BCUT2D eigenvalue weighted by Gasteiger charge is -2.32. The summed E-state index contributed by atoms with van der Waals surface area (Å²) in [5, 5.41) is 9.26. The first-order chi connectivity index (χ1) is 18.8. The van der Waals surface area contributed by atoms with Crippen LogP contribution in [0.3, 0.4) is 0 Å². The van der Waals surface area contributed by atoms with E-state index in [4.69, 9.17) is 9.84 Å². The summed E-state index contributed by atoms with van der Waals surface area (Å²) in [6.45, 7) is 8.12. The Hall–Kier alpha value is -3.38. The van der Waals surface area contributed by atoms with Crippen LogP contribution >= 0.6 is 0 Å². The molecule has 0 spiro atoms. The minimum absolute atomic E-state index is 0.0651. The number of aromatic nitrogens is 2. The number of aromatic amines is 2. The molecule has 40 heavy (non-hydrogen) atoms. The summed E-state index contributed by atoms with van der Waals surface area (Å²) >= 11 is 0. The minimum Gasteiger partial charge on any atom is -0.481 e. The number of carbonyl (C=O) groups excluding carboxylic acids is 1. The number of rotatable bonds is 7. The number of carboxylic acid groups (broad SMARTS) is 1. The number of carboxylic acids is 1. The van der Waals surface area contributed by atoms with E-state index in [9.17, 15) is 22.8 Å². The van der Waals surface area contributed by atoms with Gasteiger partial charge in [-0.1, -0.05) is 6.92 Å². The van der Waals surface area contributed by atoms with Crippen LogP contribution in [0.15, 0.2) is 40.2 Å². The maximum atomic E-state index is 13.8. The number of hydrogen-bond acceptors (Lipinski definition) is 6. The number of carbonyl (C=O) groups is 2. The highest BCUT2D eigenvalue weighted by Gasteiger charge is 2.42.